The average Bonchev–Trinajstić information content (AvgIpc) is 2.65. The van der Waals surface area contributed by atoms with Gasteiger partial charge < -0.3 is 18.3 Å². The summed E-state index contributed by atoms with van der Waals surface area (Å²) in [5.41, 5.74) is 0. The van der Waals surface area contributed by atoms with E-state index in [1.54, 1.807) is 0 Å². The maximum atomic E-state index is 3.01. The molecule has 0 aromatic carbocycles. The maximum Gasteiger partial charge on any atom is 0.205 e. The van der Waals surface area contributed by atoms with E-state index >= 15 is 0 Å². The van der Waals surface area contributed by atoms with Crippen LogP contribution in [0.15, 0.2) is 0 Å². The van der Waals surface area contributed by atoms with E-state index in [1.165, 1.54) is 51.4 Å². The van der Waals surface area contributed by atoms with Gasteiger partial charge in [0, 0.05) is 0 Å². The van der Waals surface area contributed by atoms with Crippen molar-refractivity contribution in [3.05, 3.63) is 0 Å². The summed E-state index contributed by atoms with van der Waals surface area (Å²) >= 11 is 0. The molecule has 0 aromatic heterocycles. The summed E-state index contributed by atoms with van der Waals surface area (Å²) < 4.78 is 11.7. The molecule has 0 amide bonds. The SMILES string of the molecule is CCN(CC)[Si](C)(N(CC)CC)[Si](C)(N(CC)CC)[Si](CC)(CC)N(C)C. The zero-order valence-corrected chi connectivity index (χ0v) is 23.9. The summed E-state index contributed by atoms with van der Waals surface area (Å²) in [6, 6.07) is 2.75. The molecule has 0 bridgehead atoms. The first-order chi connectivity index (χ1) is 12.6. The summed E-state index contributed by atoms with van der Waals surface area (Å²) in [5, 5.41) is 0. The monoisotopic (exact) mass is 432 g/mol. The highest BCUT2D eigenvalue weighted by atomic mass is 29.7. The molecule has 0 spiro atoms. The minimum absolute atomic E-state index is 1.19. The highest BCUT2D eigenvalue weighted by Crippen LogP contribution is 2.41. The third-order valence-electron chi connectivity index (χ3n) is 8.01. The Morgan fingerprint density at radius 1 is 0.519 bits per heavy atom. The Bertz CT molecular complexity index is 394. The lowest BCUT2D eigenvalue weighted by Crippen LogP contribution is -2.93. The molecule has 0 saturated heterocycles. The van der Waals surface area contributed by atoms with Crippen LogP contribution in [-0.2, 0) is 0 Å². The van der Waals surface area contributed by atoms with Crippen LogP contribution in [-0.4, -0.2) is 94.6 Å². The summed E-state index contributed by atoms with van der Waals surface area (Å²) in [7, 11) is -0.461. The Kier molecular flexibility index (Phi) is 11.8. The zero-order chi connectivity index (χ0) is 21.5. The fraction of sp³-hybridized carbons (Fsp3) is 1.00. The molecule has 0 aliphatic rings. The summed E-state index contributed by atoms with van der Waals surface area (Å²) in [6.45, 7) is 32.1. The number of hydrogen-bond donors (Lipinski definition) is 0. The summed E-state index contributed by atoms with van der Waals surface area (Å²) in [4.78, 5) is 0. The van der Waals surface area contributed by atoms with Gasteiger partial charge in [-0.2, -0.15) is 0 Å². The van der Waals surface area contributed by atoms with Crippen molar-refractivity contribution in [2.45, 2.75) is 80.6 Å². The van der Waals surface area contributed by atoms with E-state index in [-0.39, 0.29) is 0 Å². The molecule has 0 aromatic rings. The normalized spacial score (nSPS) is 16.0. The van der Waals surface area contributed by atoms with Gasteiger partial charge in [-0.1, -0.05) is 61.9 Å². The second-order valence-corrected chi connectivity index (χ2v) is 31.7. The lowest BCUT2D eigenvalue weighted by atomic mass is 10.7. The van der Waals surface area contributed by atoms with Crippen LogP contribution >= 0.6 is 0 Å². The smallest absolute Gasteiger partial charge is 0.205 e. The van der Waals surface area contributed by atoms with Gasteiger partial charge in [-0.15, -0.1) is 0 Å². The van der Waals surface area contributed by atoms with Crippen molar-refractivity contribution >= 4 is 22.9 Å². The van der Waals surface area contributed by atoms with Crippen LogP contribution in [0.5, 0.6) is 0 Å². The Balaban J connectivity index is 7.20. The van der Waals surface area contributed by atoms with Gasteiger partial charge in [-0.3, -0.25) is 0 Å². The number of hydrogen-bond acceptors (Lipinski definition) is 4. The van der Waals surface area contributed by atoms with E-state index in [9.17, 15) is 0 Å². The molecule has 0 fully saturated rings. The van der Waals surface area contributed by atoms with Crippen molar-refractivity contribution in [2.24, 2.45) is 0 Å². The van der Waals surface area contributed by atoms with Crippen molar-refractivity contribution in [1.82, 2.24) is 18.3 Å². The van der Waals surface area contributed by atoms with Crippen LogP contribution in [0.25, 0.3) is 0 Å². The molecule has 7 heteroatoms. The van der Waals surface area contributed by atoms with Crippen molar-refractivity contribution < 1.29 is 0 Å². The van der Waals surface area contributed by atoms with E-state index in [0.717, 1.165) is 0 Å². The molecule has 164 valence electrons. The molecular formula is C20H52N4Si3. The maximum absolute atomic E-state index is 3.01. The average molecular weight is 433 g/mol. The van der Waals surface area contributed by atoms with Gasteiger partial charge in [-0.05, 0) is 72.0 Å². The first-order valence-corrected chi connectivity index (χ1v) is 20.8. The van der Waals surface area contributed by atoms with Gasteiger partial charge >= 0.3 is 0 Å². The molecule has 0 saturated carbocycles. The highest BCUT2D eigenvalue weighted by Gasteiger charge is 2.68. The Hall–Kier alpha value is 0.491. The van der Waals surface area contributed by atoms with Crippen LogP contribution < -0.4 is 0 Å². The van der Waals surface area contributed by atoms with Gasteiger partial charge in [0.25, 0.3) is 0 Å². The summed E-state index contributed by atoms with van der Waals surface area (Å²) in [6.07, 6.45) is 0. The van der Waals surface area contributed by atoms with Gasteiger partial charge in [-0.25, -0.2) is 0 Å². The number of nitrogens with zero attached hydrogens (tertiary/aromatic N) is 4. The molecule has 4 nitrogen and oxygen atoms in total. The number of rotatable bonds is 14. The van der Waals surface area contributed by atoms with Gasteiger partial charge in [0.15, 0.2) is 7.27 Å². The third kappa shape index (κ3) is 4.34. The Labute approximate surface area is 175 Å². The van der Waals surface area contributed by atoms with E-state index in [4.69, 9.17) is 0 Å². The molecule has 0 radical (unpaired) electrons. The van der Waals surface area contributed by atoms with Crippen molar-refractivity contribution in [2.75, 3.05) is 53.4 Å². The quantitative estimate of drug-likeness (QED) is 0.378. The minimum Gasteiger partial charge on any atom is -0.330 e. The van der Waals surface area contributed by atoms with Gasteiger partial charge in [0.1, 0.15) is 7.75 Å². The van der Waals surface area contributed by atoms with Crippen LogP contribution in [0, 0.1) is 0 Å². The van der Waals surface area contributed by atoms with E-state index in [2.05, 4.69) is 101 Å². The molecule has 0 aliphatic carbocycles. The van der Waals surface area contributed by atoms with Crippen molar-refractivity contribution in [1.29, 1.82) is 0 Å². The lowest BCUT2D eigenvalue weighted by Gasteiger charge is -2.65. The van der Waals surface area contributed by atoms with Gasteiger partial charge in [0.2, 0.25) is 7.91 Å². The minimum atomic E-state index is -1.86. The van der Waals surface area contributed by atoms with E-state index in [1.807, 2.05) is 0 Å². The fourth-order valence-corrected chi connectivity index (χ4v) is 54.2. The molecule has 0 rings (SSSR count). The predicted molar refractivity (Wildman–Crippen MR) is 132 cm³/mol. The summed E-state index contributed by atoms with van der Waals surface area (Å²) in [5.74, 6) is 0. The molecular weight excluding hydrogens is 381 g/mol. The largest absolute Gasteiger partial charge is 0.330 e. The van der Waals surface area contributed by atoms with Crippen LogP contribution in [0.4, 0.5) is 0 Å². The first-order valence-electron chi connectivity index (χ1n) is 11.6. The Morgan fingerprint density at radius 2 is 0.815 bits per heavy atom. The second-order valence-electron chi connectivity index (χ2n) is 8.24. The topological polar surface area (TPSA) is 13.0 Å². The first kappa shape index (κ1) is 27.5. The van der Waals surface area contributed by atoms with Crippen LogP contribution in [0.3, 0.4) is 0 Å². The van der Waals surface area contributed by atoms with Gasteiger partial charge in [0.05, 0.1) is 0 Å². The molecule has 1 atom stereocenters. The van der Waals surface area contributed by atoms with E-state index in [0.29, 0.717) is 0 Å². The predicted octanol–water partition coefficient (Wildman–Crippen LogP) is 4.36. The molecule has 1 unspecified atom stereocenters. The standard InChI is InChI=1S/C20H52N4Si3/c1-13-22(14-2)25(11,23(15-3)16-4)26(12,24(17-5)18-6)27(19-7,20-8)21(9)10/h13-20H2,1-12H3. The van der Waals surface area contributed by atoms with Crippen molar-refractivity contribution in [3.63, 3.8) is 0 Å². The molecule has 0 N–H and O–H groups in total. The fourth-order valence-electron chi connectivity index (χ4n) is 6.39. The molecule has 0 heterocycles. The second kappa shape index (κ2) is 11.6. The zero-order valence-electron chi connectivity index (χ0n) is 20.9. The lowest BCUT2D eigenvalue weighted by molar-refractivity contribution is 0.361. The van der Waals surface area contributed by atoms with Crippen LogP contribution in [0.2, 0.25) is 25.2 Å². The molecule has 0 aliphatic heterocycles. The Morgan fingerprint density at radius 3 is 1.00 bits per heavy atom. The highest BCUT2D eigenvalue weighted by molar-refractivity contribution is 7.66. The molecule has 27 heavy (non-hydrogen) atoms. The van der Waals surface area contributed by atoms with Crippen molar-refractivity contribution in [3.8, 4) is 0 Å². The third-order valence-corrected chi connectivity index (χ3v) is 48.0. The van der Waals surface area contributed by atoms with Crippen LogP contribution in [0.1, 0.15) is 55.4 Å². The van der Waals surface area contributed by atoms with E-state index < -0.39 is 22.9 Å².